The Morgan fingerprint density at radius 2 is 1.94 bits per heavy atom. The lowest BCUT2D eigenvalue weighted by molar-refractivity contribution is -0.137. The lowest BCUT2D eigenvalue weighted by Gasteiger charge is -2.23. The number of carbonyl (C=O) groups excluding carboxylic acids is 1. The van der Waals surface area contributed by atoms with Gasteiger partial charge in [-0.3, -0.25) is 9.79 Å². The zero-order valence-corrected chi connectivity index (χ0v) is 17.7. The summed E-state index contributed by atoms with van der Waals surface area (Å²) in [6.45, 7) is 2.57. The molecule has 11 heteroatoms. The highest BCUT2D eigenvalue weighted by Gasteiger charge is 2.44. The number of sulfone groups is 1. The molecule has 166 valence electrons. The first-order chi connectivity index (χ1) is 14.4. The fraction of sp³-hybridized carbons (Fsp3) is 0.400. The summed E-state index contributed by atoms with van der Waals surface area (Å²) >= 11 is 0. The lowest BCUT2D eigenvalue weighted by Crippen LogP contribution is -2.48. The average molecular weight is 454 g/mol. The summed E-state index contributed by atoms with van der Waals surface area (Å²) in [5.74, 6) is -0.111. The maximum atomic E-state index is 12.8. The van der Waals surface area contributed by atoms with Gasteiger partial charge in [0.1, 0.15) is 11.9 Å². The number of nitrogens with zero attached hydrogens (tertiary/aromatic N) is 3. The number of aliphatic imine (C=N–C) groups is 2. The molecule has 1 amide bonds. The molecule has 0 bridgehead atoms. The molecule has 3 rings (SSSR count). The molecule has 0 saturated heterocycles. The van der Waals surface area contributed by atoms with Crippen molar-refractivity contribution in [1.29, 1.82) is 0 Å². The highest BCUT2D eigenvalue weighted by Crippen LogP contribution is 2.30. The van der Waals surface area contributed by atoms with Crippen LogP contribution in [0.25, 0.3) is 0 Å². The average Bonchev–Trinajstić information content (AvgIpc) is 3.13. The number of halogens is 3. The Kier molecular flexibility index (Phi) is 6.17. The van der Waals surface area contributed by atoms with Gasteiger partial charge in [-0.2, -0.15) is 13.2 Å². The van der Waals surface area contributed by atoms with E-state index in [9.17, 15) is 26.4 Å². The van der Waals surface area contributed by atoms with Crippen LogP contribution >= 0.6 is 0 Å². The van der Waals surface area contributed by atoms with Gasteiger partial charge >= 0.3 is 6.18 Å². The number of pyridine rings is 1. The highest BCUT2D eigenvalue weighted by atomic mass is 32.2. The van der Waals surface area contributed by atoms with Crippen molar-refractivity contribution in [2.45, 2.75) is 48.7 Å². The van der Waals surface area contributed by atoms with E-state index in [0.717, 1.165) is 11.8 Å². The van der Waals surface area contributed by atoms with Gasteiger partial charge in [0.25, 0.3) is 0 Å². The van der Waals surface area contributed by atoms with E-state index >= 15 is 0 Å². The third kappa shape index (κ3) is 4.76. The molecule has 7 nitrogen and oxygen atoms in total. The van der Waals surface area contributed by atoms with Crippen LogP contribution in [0.1, 0.15) is 32.3 Å². The molecule has 0 radical (unpaired) electrons. The maximum Gasteiger partial charge on any atom is 0.417 e. The van der Waals surface area contributed by atoms with Crippen LogP contribution < -0.4 is 5.32 Å². The standard InChI is InChI=1S/C20H21F3N4O3S/c1-19(2,31(29,30)17-10-9-13(12-25-17)20(21,22)23)18(28)24-11-5-8-16-26-14-6-3-4-7-15(14)27-16/h3-4,6-7,9-10,12,14H,5,8,11H2,1-2H3,(H,24,28). The third-order valence-corrected chi connectivity index (χ3v) is 7.26. The molecular formula is C20H21F3N4O3S. The highest BCUT2D eigenvalue weighted by molar-refractivity contribution is 7.93. The summed E-state index contributed by atoms with van der Waals surface area (Å²) in [4.78, 5) is 24.8. The van der Waals surface area contributed by atoms with Crippen molar-refractivity contribution in [3.05, 3.63) is 48.2 Å². The molecule has 1 unspecified atom stereocenters. The minimum Gasteiger partial charge on any atom is -0.355 e. The minimum absolute atomic E-state index is 0.0742. The van der Waals surface area contributed by atoms with E-state index in [0.29, 0.717) is 30.9 Å². The molecule has 31 heavy (non-hydrogen) atoms. The van der Waals surface area contributed by atoms with Crippen molar-refractivity contribution in [3.8, 4) is 0 Å². The molecule has 0 aromatic carbocycles. The number of fused-ring (bicyclic) bond motifs is 1. The van der Waals surface area contributed by atoms with Crippen LogP contribution in [0.15, 0.2) is 57.6 Å². The van der Waals surface area contributed by atoms with Gasteiger partial charge in [-0.1, -0.05) is 18.2 Å². The Balaban J connectivity index is 1.58. The van der Waals surface area contributed by atoms with Gasteiger partial charge in [0, 0.05) is 19.2 Å². The quantitative estimate of drug-likeness (QED) is 0.640. The van der Waals surface area contributed by atoms with Crippen molar-refractivity contribution in [3.63, 3.8) is 0 Å². The first kappa shape index (κ1) is 22.9. The van der Waals surface area contributed by atoms with Crippen LogP contribution in [0.2, 0.25) is 0 Å². The van der Waals surface area contributed by atoms with Crippen molar-refractivity contribution in [2.24, 2.45) is 9.98 Å². The van der Waals surface area contributed by atoms with Gasteiger partial charge in [-0.25, -0.2) is 18.4 Å². The van der Waals surface area contributed by atoms with Crippen LogP contribution in [0.3, 0.4) is 0 Å². The minimum atomic E-state index is -4.64. The molecular weight excluding hydrogens is 433 g/mol. The lowest BCUT2D eigenvalue weighted by atomic mass is 10.1. The zero-order valence-electron chi connectivity index (χ0n) is 16.8. The van der Waals surface area contributed by atoms with Crippen LogP contribution in [0.5, 0.6) is 0 Å². The van der Waals surface area contributed by atoms with Crippen molar-refractivity contribution >= 4 is 27.3 Å². The van der Waals surface area contributed by atoms with Crippen molar-refractivity contribution in [2.75, 3.05) is 6.54 Å². The molecule has 2 aliphatic rings. The number of amides is 1. The molecule has 2 heterocycles. The van der Waals surface area contributed by atoms with Gasteiger partial charge in [0.05, 0.1) is 11.3 Å². The molecule has 0 spiro atoms. The molecule has 1 N–H and O–H groups in total. The van der Waals surface area contributed by atoms with E-state index in [4.69, 9.17) is 0 Å². The number of allylic oxidation sites excluding steroid dienone is 2. The molecule has 1 aromatic heterocycles. The number of nitrogens with one attached hydrogen (secondary N) is 1. The number of alkyl halides is 3. The number of rotatable bonds is 7. The smallest absolute Gasteiger partial charge is 0.355 e. The number of aromatic nitrogens is 1. The predicted octanol–water partition coefficient (Wildman–Crippen LogP) is 2.90. The summed E-state index contributed by atoms with van der Waals surface area (Å²) in [6, 6.07) is 1.31. The Morgan fingerprint density at radius 1 is 1.19 bits per heavy atom. The monoisotopic (exact) mass is 454 g/mol. The van der Waals surface area contributed by atoms with E-state index in [2.05, 4.69) is 20.3 Å². The van der Waals surface area contributed by atoms with Crippen LogP contribution in [0.4, 0.5) is 13.2 Å². The first-order valence-electron chi connectivity index (χ1n) is 9.49. The Labute approximate surface area is 177 Å². The maximum absolute atomic E-state index is 12.8. The van der Waals surface area contributed by atoms with Gasteiger partial charge in [0.15, 0.2) is 9.77 Å². The molecule has 0 fully saturated rings. The van der Waals surface area contributed by atoms with E-state index in [1.54, 1.807) is 0 Å². The Morgan fingerprint density at radius 3 is 2.55 bits per heavy atom. The molecule has 0 saturated carbocycles. The number of amidine groups is 1. The SMILES string of the molecule is CC(C)(C(=O)NCCCC1=NC2C=CC=CC2=N1)S(=O)(=O)c1ccc(C(F)(F)F)cn1. The van der Waals surface area contributed by atoms with Crippen molar-refractivity contribution < 1.29 is 26.4 Å². The largest absolute Gasteiger partial charge is 0.417 e. The number of carbonyl (C=O) groups is 1. The zero-order chi connectivity index (χ0) is 22.9. The van der Waals surface area contributed by atoms with Crippen LogP contribution in [-0.2, 0) is 20.8 Å². The van der Waals surface area contributed by atoms with Gasteiger partial charge in [-0.15, -0.1) is 0 Å². The normalized spacial score (nSPS) is 18.4. The fourth-order valence-corrected chi connectivity index (χ4v) is 4.22. The number of hydrogen-bond acceptors (Lipinski definition) is 6. The van der Waals surface area contributed by atoms with Gasteiger partial charge < -0.3 is 5.32 Å². The van der Waals surface area contributed by atoms with E-state index in [1.807, 2.05) is 24.3 Å². The van der Waals surface area contributed by atoms with Crippen LogP contribution in [-0.4, -0.2) is 48.2 Å². The van der Waals surface area contributed by atoms with Crippen molar-refractivity contribution in [1.82, 2.24) is 10.3 Å². The topological polar surface area (TPSA) is 101 Å². The van der Waals surface area contributed by atoms with Gasteiger partial charge in [0.2, 0.25) is 15.7 Å². The summed E-state index contributed by atoms with van der Waals surface area (Å²) in [6.07, 6.45) is 4.38. The second-order valence-electron chi connectivity index (χ2n) is 7.53. The summed E-state index contributed by atoms with van der Waals surface area (Å²) in [7, 11) is -4.32. The van der Waals surface area contributed by atoms with E-state index in [1.165, 1.54) is 13.8 Å². The van der Waals surface area contributed by atoms with Gasteiger partial charge in [-0.05, 0) is 38.5 Å². The first-order valence-corrected chi connectivity index (χ1v) is 11.0. The second-order valence-corrected chi connectivity index (χ2v) is 9.97. The molecule has 1 aliphatic carbocycles. The number of hydrogen-bond donors (Lipinski definition) is 1. The van der Waals surface area contributed by atoms with E-state index in [-0.39, 0.29) is 12.6 Å². The van der Waals surface area contributed by atoms with E-state index < -0.39 is 37.3 Å². The summed E-state index contributed by atoms with van der Waals surface area (Å²) < 4.78 is 61.7. The summed E-state index contributed by atoms with van der Waals surface area (Å²) in [5, 5.41) is 1.97. The van der Waals surface area contributed by atoms with Crippen LogP contribution in [0, 0.1) is 0 Å². The Hall–Kier alpha value is -2.82. The third-order valence-electron chi connectivity index (χ3n) is 4.94. The Bertz CT molecular complexity index is 1090. The second kappa shape index (κ2) is 8.37. The summed E-state index contributed by atoms with van der Waals surface area (Å²) in [5.41, 5.74) is -0.212. The molecule has 1 atom stereocenters. The molecule has 1 aromatic rings. The predicted molar refractivity (Wildman–Crippen MR) is 110 cm³/mol. The fourth-order valence-electron chi connectivity index (χ4n) is 2.94. The molecule has 1 aliphatic heterocycles.